The van der Waals surface area contributed by atoms with Crippen molar-refractivity contribution >= 4 is 11.6 Å². The summed E-state index contributed by atoms with van der Waals surface area (Å²) in [5.41, 5.74) is -0.163. The fourth-order valence-electron chi connectivity index (χ4n) is 0.665. The van der Waals surface area contributed by atoms with Gasteiger partial charge >= 0.3 is 6.18 Å². The van der Waals surface area contributed by atoms with Crippen molar-refractivity contribution in [2.24, 2.45) is 5.10 Å². The molecule has 0 unspecified atom stereocenters. The molecule has 0 aliphatic heterocycles. The molecule has 0 saturated heterocycles. The lowest BCUT2D eigenvalue weighted by Crippen LogP contribution is -2.37. The summed E-state index contributed by atoms with van der Waals surface area (Å²) in [6.07, 6.45) is -3.34. The van der Waals surface area contributed by atoms with Crippen LogP contribution in [0.3, 0.4) is 0 Å². The van der Waals surface area contributed by atoms with E-state index in [9.17, 15) is 18.0 Å². The largest absolute Gasteiger partial charge is 0.405 e. The highest BCUT2D eigenvalue weighted by Crippen LogP contribution is 2.12. The summed E-state index contributed by atoms with van der Waals surface area (Å²) < 4.78 is 35.3. The highest BCUT2D eigenvalue weighted by Gasteiger charge is 2.28. The maximum absolute atomic E-state index is 11.8. The van der Waals surface area contributed by atoms with Gasteiger partial charge in [-0.05, 0) is 6.08 Å². The number of hydrogen-bond acceptors (Lipinski definition) is 3. The van der Waals surface area contributed by atoms with Gasteiger partial charge in [-0.1, -0.05) is 20.4 Å². The fraction of sp³-hybridized carbons (Fsp3) is 0.600. The van der Waals surface area contributed by atoms with E-state index in [1.165, 1.54) is 5.01 Å². The molecule has 0 aliphatic carbocycles. The van der Waals surface area contributed by atoms with Gasteiger partial charge in [0, 0.05) is 14.1 Å². The average Bonchev–Trinajstić information content (AvgIpc) is 2.24. The summed E-state index contributed by atoms with van der Waals surface area (Å²) in [5, 5.41) is 6.63. The standard InChI is InChI=1S/C8H12F3N3O.C2H6/c1-4-6(13-14(2)3)7(15)12-5-8(9,10)11;1-2/h4H,1,5H2,2-3H3,(H,12,15);1-2H3/b13-6+;. The number of amides is 1. The zero-order chi connectivity index (χ0) is 14.1. The van der Waals surface area contributed by atoms with Crippen molar-refractivity contribution in [2.75, 3.05) is 20.6 Å². The van der Waals surface area contributed by atoms with Crippen LogP contribution >= 0.6 is 0 Å². The van der Waals surface area contributed by atoms with Crippen LogP contribution in [0.25, 0.3) is 0 Å². The molecule has 0 saturated carbocycles. The van der Waals surface area contributed by atoms with Gasteiger partial charge in [-0.15, -0.1) is 0 Å². The summed E-state index contributed by atoms with van der Waals surface area (Å²) in [7, 11) is 3.08. The van der Waals surface area contributed by atoms with Crippen molar-refractivity contribution in [1.82, 2.24) is 10.3 Å². The average molecular weight is 253 g/mol. The third kappa shape index (κ3) is 10.7. The number of alkyl halides is 3. The number of nitrogens with one attached hydrogen (secondary N) is 1. The number of rotatable bonds is 4. The molecule has 0 heterocycles. The lowest BCUT2D eigenvalue weighted by Gasteiger charge is -2.10. The SMILES string of the molecule is C=C/C(=N\N(C)C)C(=O)NCC(F)(F)F.CC. The van der Waals surface area contributed by atoms with Gasteiger partial charge in [0.25, 0.3) is 5.91 Å². The second-order valence-corrected chi connectivity index (χ2v) is 2.83. The molecule has 7 heteroatoms. The Balaban J connectivity index is 0. The third-order valence-electron chi connectivity index (χ3n) is 1.18. The Morgan fingerprint density at radius 1 is 1.41 bits per heavy atom. The predicted molar refractivity (Wildman–Crippen MR) is 61.7 cm³/mol. The van der Waals surface area contributed by atoms with Crippen molar-refractivity contribution in [3.05, 3.63) is 12.7 Å². The van der Waals surface area contributed by atoms with Gasteiger partial charge in [0.1, 0.15) is 12.3 Å². The monoisotopic (exact) mass is 253 g/mol. The van der Waals surface area contributed by atoms with Crippen LogP contribution in [0.1, 0.15) is 13.8 Å². The van der Waals surface area contributed by atoms with E-state index in [0.29, 0.717) is 0 Å². The van der Waals surface area contributed by atoms with E-state index in [4.69, 9.17) is 0 Å². The molecule has 0 spiro atoms. The first kappa shape index (κ1) is 17.9. The minimum absolute atomic E-state index is 0.163. The molecular formula is C10H18F3N3O. The molecular weight excluding hydrogens is 235 g/mol. The van der Waals surface area contributed by atoms with Gasteiger partial charge in [-0.25, -0.2) is 0 Å². The maximum Gasteiger partial charge on any atom is 0.405 e. The van der Waals surface area contributed by atoms with Crippen molar-refractivity contribution < 1.29 is 18.0 Å². The van der Waals surface area contributed by atoms with E-state index in [1.54, 1.807) is 19.4 Å². The van der Waals surface area contributed by atoms with Gasteiger partial charge in [-0.3, -0.25) is 4.79 Å². The van der Waals surface area contributed by atoms with Crippen LogP contribution in [-0.2, 0) is 4.79 Å². The van der Waals surface area contributed by atoms with Gasteiger partial charge in [0.2, 0.25) is 0 Å². The summed E-state index contributed by atoms with van der Waals surface area (Å²) >= 11 is 0. The Kier molecular flexibility index (Phi) is 9.03. The van der Waals surface area contributed by atoms with Crippen molar-refractivity contribution in [1.29, 1.82) is 0 Å². The van der Waals surface area contributed by atoms with Gasteiger partial charge in [0.05, 0.1) is 0 Å². The predicted octanol–water partition coefficient (Wildman–Crippen LogP) is 1.79. The number of carbonyl (C=O) groups is 1. The smallest absolute Gasteiger partial charge is 0.342 e. The molecule has 1 N–H and O–H groups in total. The molecule has 0 atom stereocenters. The topological polar surface area (TPSA) is 44.7 Å². The molecule has 100 valence electrons. The molecule has 4 nitrogen and oxygen atoms in total. The van der Waals surface area contributed by atoms with Crippen LogP contribution in [0.4, 0.5) is 13.2 Å². The van der Waals surface area contributed by atoms with Crippen molar-refractivity contribution in [2.45, 2.75) is 20.0 Å². The Labute approximate surface area is 99.2 Å². The van der Waals surface area contributed by atoms with E-state index in [2.05, 4.69) is 11.7 Å². The van der Waals surface area contributed by atoms with Crippen molar-refractivity contribution in [3.63, 3.8) is 0 Å². The second kappa shape index (κ2) is 8.60. The van der Waals surface area contributed by atoms with Gasteiger partial charge in [-0.2, -0.15) is 18.3 Å². The van der Waals surface area contributed by atoms with E-state index in [1.807, 2.05) is 13.8 Å². The van der Waals surface area contributed by atoms with Crippen LogP contribution < -0.4 is 5.32 Å². The summed E-state index contributed by atoms with van der Waals surface area (Å²) in [6, 6.07) is 0. The lowest BCUT2D eigenvalue weighted by atomic mass is 10.3. The second-order valence-electron chi connectivity index (χ2n) is 2.83. The lowest BCUT2D eigenvalue weighted by molar-refractivity contribution is -0.134. The highest BCUT2D eigenvalue weighted by molar-refractivity contribution is 6.43. The van der Waals surface area contributed by atoms with Crippen LogP contribution in [0.2, 0.25) is 0 Å². The molecule has 0 aromatic rings. The molecule has 0 aliphatic rings. The number of halogens is 3. The highest BCUT2D eigenvalue weighted by atomic mass is 19.4. The molecule has 17 heavy (non-hydrogen) atoms. The normalized spacial score (nSPS) is 11.1. The third-order valence-corrected chi connectivity index (χ3v) is 1.18. The van der Waals surface area contributed by atoms with E-state index in [0.717, 1.165) is 6.08 Å². The molecule has 1 amide bonds. The summed E-state index contributed by atoms with van der Waals surface area (Å²) in [5.74, 6) is -0.906. The van der Waals surface area contributed by atoms with Crippen LogP contribution in [0, 0.1) is 0 Å². The van der Waals surface area contributed by atoms with Crippen LogP contribution in [0.15, 0.2) is 17.8 Å². The first-order valence-electron chi connectivity index (χ1n) is 4.99. The van der Waals surface area contributed by atoms with Gasteiger partial charge < -0.3 is 10.3 Å². The number of nitrogens with zero attached hydrogens (tertiary/aromatic N) is 2. The quantitative estimate of drug-likeness (QED) is 0.613. The summed E-state index contributed by atoms with van der Waals surface area (Å²) in [6.45, 7) is 5.90. The first-order chi connectivity index (χ1) is 7.76. The minimum Gasteiger partial charge on any atom is -0.342 e. The minimum atomic E-state index is -4.43. The zero-order valence-corrected chi connectivity index (χ0v) is 10.4. The Hall–Kier alpha value is -1.53. The zero-order valence-electron chi connectivity index (χ0n) is 10.4. The summed E-state index contributed by atoms with van der Waals surface area (Å²) in [4.78, 5) is 11.1. The molecule has 0 fully saturated rings. The number of hydrogen-bond donors (Lipinski definition) is 1. The van der Waals surface area contributed by atoms with Crippen LogP contribution in [0.5, 0.6) is 0 Å². The molecule has 0 aromatic carbocycles. The Morgan fingerprint density at radius 2 is 1.88 bits per heavy atom. The van der Waals surface area contributed by atoms with E-state index in [-0.39, 0.29) is 5.71 Å². The van der Waals surface area contributed by atoms with E-state index >= 15 is 0 Å². The van der Waals surface area contributed by atoms with Crippen molar-refractivity contribution in [3.8, 4) is 0 Å². The first-order valence-corrected chi connectivity index (χ1v) is 4.99. The molecule has 0 bridgehead atoms. The van der Waals surface area contributed by atoms with Crippen LogP contribution in [-0.4, -0.2) is 43.4 Å². The number of hydrazone groups is 1. The fourth-order valence-corrected chi connectivity index (χ4v) is 0.665. The Bertz CT molecular complexity index is 272. The Morgan fingerprint density at radius 3 is 2.18 bits per heavy atom. The van der Waals surface area contributed by atoms with Gasteiger partial charge in [0.15, 0.2) is 0 Å². The number of carbonyl (C=O) groups excluding carboxylic acids is 1. The molecule has 0 radical (unpaired) electrons. The van der Waals surface area contributed by atoms with E-state index < -0.39 is 18.6 Å². The molecule has 0 aromatic heterocycles. The molecule has 0 rings (SSSR count). The maximum atomic E-state index is 11.8.